The lowest BCUT2D eigenvalue weighted by Gasteiger charge is -2.31. The number of hydrogen-bond acceptors (Lipinski definition) is 4. The largest absolute Gasteiger partial charge is 0.353 e. The monoisotopic (exact) mass is 243 g/mol. The predicted octanol–water partition coefficient (Wildman–Crippen LogP) is 2.16. The number of hydrogen-bond donors (Lipinski definition) is 0. The first-order valence-corrected chi connectivity index (χ1v) is 6.61. The smallest absolute Gasteiger partial charge is 0.147 e. The molecule has 0 N–H and O–H groups in total. The van der Waals surface area contributed by atoms with Gasteiger partial charge in [0.15, 0.2) is 0 Å². The molecule has 2 rings (SSSR count). The summed E-state index contributed by atoms with van der Waals surface area (Å²) in [4.78, 5) is 10.9. The molecule has 5 heteroatoms. The molecule has 3 nitrogen and oxygen atoms in total. The Balaban J connectivity index is 2.13. The van der Waals surface area contributed by atoms with E-state index in [4.69, 9.17) is 11.6 Å². The van der Waals surface area contributed by atoms with Gasteiger partial charge in [-0.3, -0.25) is 4.98 Å². The van der Waals surface area contributed by atoms with Crippen LogP contribution in [0.5, 0.6) is 0 Å². The first kappa shape index (κ1) is 11.0. The molecular formula is C10H14ClN3S. The first-order valence-electron chi connectivity index (χ1n) is 5.03. The van der Waals surface area contributed by atoms with E-state index in [-0.39, 0.29) is 0 Å². The maximum absolute atomic E-state index is 5.74. The van der Waals surface area contributed by atoms with Crippen molar-refractivity contribution >= 4 is 29.2 Å². The minimum absolute atomic E-state index is 0.430. The van der Waals surface area contributed by atoms with Crippen molar-refractivity contribution < 1.29 is 0 Å². The Morgan fingerprint density at radius 1 is 1.60 bits per heavy atom. The summed E-state index contributed by atoms with van der Waals surface area (Å²) in [5.74, 6) is 2.55. The van der Waals surface area contributed by atoms with E-state index in [9.17, 15) is 0 Å². The van der Waals surface area contributed by atoms with Crippen LogP contribution in [0.1, 0.15) is 12.6 Å². The van der Waals surface area contributed by atoms with Crippen molar-refractivity contribution in [2.24, 2.45) is 0 Å². The van der Waals surface area contributed by atoms with Gasteiger partial charge in [0.05, 0.1) is 17.8 Å². The summed E-state index contributed by atoms with van der Waals surface area (Å²) in [7, 11) is 0. The van der Waals surface area contributed by atoms with Gasteiger partial charge in [-0.1, -0.05) is 6.92 Å². The van der Waals surface area contributed by atoms with E-state index in [1.807, 2.05) is 18.0 Å². The molecule has 1 fully saturated rings. The summed E-state index contributed by atoms with van der Waals surface area (Å²) >= 11 is 7.75. The van der Waals surface area contributed by atoms with E-state index in [0.717, 1.165) is 30.4 Å². The van der Waals surface area contributed by atoms with Gasteiger partial charge in [-0.05, 0) is 0 Å². The molecular weight excluding hydrogens is 230 g/mol. The summed E-state index contributed by atoms with van der Waals surface area (Å²) < 4.78 is 0. The highest BCUT2D eigenvalue weighted by molar-refractivity contribution is 8.00. The minimum atomic E-state index is 0.430. The second-order valence-corrected chi connectivity index (χ2v) is 5.44. The molecule has 0 bridgehead atoms. The zero-order valence-corrected chi connectivity index (χ0v) is 10.3. The Labute approximate surface area is 99.2 Å². The van der Waals surface area contributed by atoms with Crippen LogP contribution in [-0.4, -0.2) is 34.1 Å². The van der Waals surface area contributed by atoms with Crippen LogP contribution in [0.15, 0.2) is 12.4 Å². The minimum Gasteiger partial charge on any atom is -0.353 e. The fourth-order valence-electron chi connectivity index (χ4n) is 1.64. The quantitative estimate of drug-likeness (QED) is 0.745. The molecule has 1 aromatic rings. The highest BCUT2D eigenvalue weighted by Crippen LogP contribution is 2.21. The number of thioether (sulfide) groups is 1. The van der Waals surface area contributed by atoms with E-state index >= 15 is 0 Å². The molecule has 1 saturated heterocycles. The lowest BCUT2D eigenvalue weighted by Crippen LogP contribution is -2.37. The van der Waals surface area contributed by atoms with Crippen LogP contribution in [-0.2, 0) is 5.88 Å². The van der Waals surface area contributed by atoms with Crippen LogP contribution < -0.4 is 4.90 Å². The van der Waals surface area contributed by atoms with Crippen LogP contribution >= 0.6 is 23.4 Å². The van der Waals surface area contributed by atoms with Gasteiger partial charge in [-0.2, -0.15) is 11.8 Å². The number of anilines is 1. The lowest BCUT2D eigenvalue weighted by atomic mass is 10.4. The van der Waals surface area contributed by atoms with Crippen LogP contribution in [0.2, 0.25) is 0 Å². The van der Waals surface area contributed by atoms with Gasteiger partial charge >= 0.3 is 0 Å². The Morgan fingerprint density at radius 2 is 2.47 bits per heavy atom. The van der Waals surface area contributed by atoms with E-state index in [2.05, 4.69) is 21.8 Å². The van der Waals surface area contributed by atoms with Crippen molar-refractivity contribution in [3.05, 3.63) is 18.1 Å². The van der Waals surface area contributed by atoms with E-state index in [0.29, 0.717) is 11.1 Å². The molecule has 0 saturated carbocycles. The average molecular weight is 244 g/mol. The highest BCUT2D eigenvalue weighted by atomic mass is 35.5. The summed E-state index contributed by atoms with van der Waals surface area (Å²) in [6.45, 7) is 4.34. The number of aromatic nitrogens is 2. The second-order valence-electron chi connectivity index (χ2n) is 3.63. The van der Waals surface area contributed by atoms with Gasteiger partial charge in [0.2, 0.25) is 0 Å². The van der Waals surface area contributed by atoms with Crippen molar-refractivity contribution in [2.75, 3.05) is 23.7 Å². The van der Waals surface area contributed by atoms with Crippen molar-refractivity contribution in [1.29, 1.82) is 0 Å². The van der Waals surface area contributed by atoms with Gasteiger partial charge in [-0.15, -0.1) is 11.6 Å². The van der Waals surface area contributed by atoms with Crippen LogP contribution in [0.4, 0.5) is 5.82 Å². The van der Waals surface area contributed by atoms with Gasteiger partial charge in [0.25, 0.3) is 0 Å². The third kappa shape index (κ3) is 2.75. The van der Waals surface area contributed by atoms with Crippen molar-refractivity contribution in [1.82, 2.24) is 9.97 Å². The molecule has 2 heterocycles. The summed E-state index contributed by atoms with van der Waals surface area (Å²) in [6, 6.07) is 0. The normalized spacial score (nSPS) is 21.7. The lowest BCUT2D eigenvalue weighted by molar-refractivity contribution is 0.764. The zero-order chi connectivity index (χ0) is 10.7. The predicted molar refractivity (Wildman–Crippen MR) is 65.7 cm³/mol. The maximum Gasteiger partial charge on any atom is 0.147 e. The highest BCUT2D eigenvalue weighted by Gasteiger charge is 2.18. The van der Waals surface area contributed by atoms with Gasteiger partial charge in [0.1, 0.15) is 5.82 Å². The third-order valence-corrected chi connectivity index (χ3v) is 3.78. The van der Waals surface area contributed by atoms with E-state index < -0.39 is 0 Å². The second kappa shape index (κ2) is 5.03. The Bertz CT molecular complexity index is 334. The molecule has 1 aromatic heterocycles. The van der Waals surface area contributed by atoms with Crippen molar-refractivity contribution in [3.63, 3.8) is 0 Å². The molecule has 0 spiro atoms. The fraction of sp³-hybridized carbons (Fsp3) is 0.600. The number of nitrogens with zero attached hydrogens (tertiary/aromatic N) is 3. The van der Waals surface area contributed by atoms with Crippen LogP contribution in [0.25, 0.3) is 0 Å². The molecule has 1 aliphatic heterocycles. The van der Waals surface area contributed by atoms with Crippen molar-refractivity contribution in [2.45, 2.75) is 18.1 Å². The van der Waals surface area contributed by atoms with Crippen molar-refractivity contribution in [3.8, 4) is 0 Å². The van der Waals surface area contributed by atoms with Crippen LogP contribution in [0.3, 0.4) is 0 Å². The Hall–Kier alpha value is -0.480. The molecule has 15 heavy (non-hydrogen) atoms. The Kier molecular flexibility index (Phi) is 3.70. The third-order valence-electron chi connectivity index (χ3n) is 2.37. The average Bonchev–Trinajstić information content (AvgIpc) is 2.29. The number of halogens is 1. The van der Waals surface area contributed by atoms with Gasteiger partial charge in [0, 0.05) is 30.3 Å². The van der Waals surface area contributed by atoms with E-state index in [1.165, 1.54) is 0 Å². The molecule has 0 aromatic carbocycles. The first-order chi connectivity index (χ1) is 7.29. The molecule has 82 valence electrons. The summed E-state index contributed by atoms with van der Waals surface area (Å²) in [6.07, 6.45) is 3.54. The molecule has 0 radical (unpaired) electrons. The molecule has 1 unspecified atom stereocenters. The molecule has 1 atom stereocenters. The summed E-state index contributed by atoms with van der Waals surface area (Å²) in [5, 5.41) is 0.667. The molecule has 0 amide bonds. The topological polar surface area (TPSA) is 29.0 Å². The van der Waals surface area contributed by atoms with Gasteiger partial charge < -0.3 is 4.90 Å². The van der Waals surface area contributed by atoms with E-state index in [1.54, 1.807) is 6.20 Å². The van der Waals surface area contributed by atoms with Gasteiger partial charge in [-0.25, -0.2) is 4.98 Å². The van der Waals surface area contributed by atoms with Crippen LogP contribution in [0, 0.1) is 0 Å². The fourth-order valence-corrected chi connectivity index (χ4v) is 2.78. The maximum atomic E-state index is 5.74. The number of rotatable bonds is 2. The molecule has 1 aliphatic rings. The Morgan fingerprint density at radius 3 is 3.20 bits per heavy atom. The SMILES string of the molecule is CC1CN(c2cncc(CCl)n2)CCS1. The summed E-state index contributed by atoms with van der Waals surface area (Å²) in [5.41, 5.74) is 0.847. The zero-order valence-electron chi connectivity index (χ0n) is 8.69. The number of alkyl halides is 1. The standard InChI is InChI=1S/C10H14ClN3S/c1-8-7-14(2-3-15-8)10-6-12-5-9(4-11)13-10/h5-6,8H,2-4,7H2,1H3. The molecule has 0 aliphatic carbocycles.